The summed E-state index contributed by atoms with van der Waals surface area (Å²) in [6.07, 6.45) is 4.34. The molecule has 0 bridgehead atoms. The third-order valence-electron chi connectivity index (χ3n) is 3.30. The minimum absolute atomic E-state index is 0.00762. The molecule has 110 valence electrons. The van der Waals surface area contributed by atoms with Gasteiger partial charge < -0.3 is 15.4 Å². The number of nitrogen functional groups attached to an aromatic ring is 1. The van der Waals surface area contributed by atoms with Crippen LogP contribution in [0.4, 0.5) is 5.69 Å². The van der Waals surface area contributed by atoms with Gasteiger partial charge in [0.25, 0.3) is 0 Å². The number of ether oxygens (including phenoxy) is 1. The Morgan fingerprint density at radius 1 is 1.40 bits per heavy atom. The van der Waals surface area contributed by atoms with Crippen LogP contribution in [0.3, 0.4) is 0 Å². The van der Waals surface area contributed by atoms with Crippen molar-refractivity contribution in [1.82, 2.24) is 4.90 Å². The first-order valence-corrected chi connectivity index (χ1v) is 6.91. The Morgan fingerprint density at radius 3 is 2.60 bits per heavy atom. The molecule has 0 saturated carbocycles. The van der Waals surface area contributed by atoms with Gasteiger partial charge in [-0.2, -0.15) is 0 Å². The van der Waals surface area contributed by atoms with Gasteiger partial charge >= 0.3 is 0 Å². The van der Waals surface area contributed by atoms with Crippen LogP contribution in [-0.2, 0) is 9.53 Å². The lowest BCUT2D eigenvalue weighted by Gasteiger charge is -2.27. The van der Waals surface area contributed by atoms with Gasteiger partial charge in [0.05, 0.1) is 6.61 Å². The molecule has 0 aromatic heterocycles. The van der Waals surface area contributed by atoms with Gasteiger partial charge in [-0.15, -0.1) is 0 Å². The molecule has 1 amide bonds. The zero-order valence-electron chi connectivity index (χ0n) is 12.5. The number of anilines is 1. The van der Waals surface area contributed by atoms with Gasteiger partial charge in [0.2, 0.25) is 5.91 Å². The summed E-state index contributed by atoms with van der Waals surface area (Å²) in [6, 6.07) is 7.63. The highest BCUT2D eigenvalue weighted by molar-refractivity contribution is 5.92. The third kappa shape index (κ3) is 5.05. The summed E-state index contributed by atoms with van der Waals surface area (Å²) in [5.41, 5.74) is 7.31. The summed E-state index contributed by atoms with van der Waals surface area (Å²) in [4.78, 5) is 14.1. The molecule has 2 N–H and O–H groups in total. The van der Waals surface area contributed by atoms with E-state index in [4.69, 9.17) is 10.5 Å². The number of methoxy groups -OCH3 is 1. The first-order chi connectivity index (χ1) is 9.58. The van der Waals surface area contributed by atoms with Crippen molar-refractivity contribution in [3.8, 4) is 0 Å². The number of amides is 1. The van der Waals surface area contributed by atoms with Crippen molar-refractivity contribution in [3.63, 3.8) is 0 Å². The summed E-state index contributed by atoms with van der Waals surface area (Å²) in [5, 5.41) is 0. The maximum absolute atomic E-state index is 12.2. The topological polar surface area (TPSA) is 55.6 Å². The molecule has 0 aliphatic rings. The van der Waals surface area contributed by atoms with E-state index in [0.717, 1.165) is 17.7 Å². The van der Waals surface area contributed by atoms with E-state index in [0.29, 0.717) is 13.2 Å². The second-order valence-corrected chi connectivity index (χ2v) is 4.78. The molecule has 1 atom stereocenters. The summed E-state index contributed by atoms with van der Waals surface area (Å²) < 4.78 is 5.06. The fraction of sp³-hybridized carbons (Fsp3) is 0.438. The molecule has 0 saturated heterocycles. The number of nitrogens with two attached hydrogens (primary N) is 1. The van der Waals surface area contributed by atoms with Crippen LogP contribution in [-0.4, -0.2) is 37.1 Å². The summed E-state index contributed by atoms with van der Waals surface area (Å²) in [5.74, 6) is 0.00762. The van der Waals surface area contributed by atoms with E-state index in [9.17, 15) is 4.79 Å². The minimum atomic E-state index is 0.00762. The minimum Gasteiger partial charge on any atom is -0.399 e. The van der Waals surface area contributed by atoms with Crippen LogP contribution < -0.4 is 5.73 Å². The monoisotopic (exact) mass is 276 g/mol. The number of hydrogen-bond acceptors (Lipinski definition) is 3. The van der Waals surface area contributed by atoms with Gasteiger partial charge in [0.15, 0.2) is 0 Å². The number of rotatable bonds is 7. The van der Waals surface area contributed by atoms with E-state index in [1.165, 1.54) is 0 Å². The maximum atomic E-state index is 12.2. The zero-order valence-corrected chi connectivity index (χ0v) is 12.5. The predicted molar refractivity (Wildman–Crippen MR) is 83.2 cm³/mol. The summed E-state index contributed by atoms with van der Waals surface area (Å²) in [7, 11) is 1.64. The lowest BCUT2D eigenvalue weighted by Crippen LogP contribution is -2.39. The number of hydrogen-bond donors (Lipinski definition) is 1. The van der Waals surface area contributed by atoms with Crippen LogP contribution in [0.25, 0.3) is 6.08 Å². The van der Waals surface area contributed by atoms with Crippen molar-refractivity contribution in [1.29, 1.82) is 0 Å². The lowest BCUT2D eigenvalue weighted by molar-refractivity contribution is -0.128. The summed E-state index contributed by atoms with van der Waals surface area (Å²) in [6.45, 7) is 5.27. The van der Waals surface area contributed by atoms with E-state index in [1.807, 2.05) is 42.2 Å². The first-order valence-electron chi connectivity index (χ1n) is 6.91. The molecule has 20 heavy (non-hydrogen) atoms. The SMILES string of the molecule is CCC(C)N(CCOC)C(=O)/C=C/c1ccc(N)cc1. The Balaban J connectivity index is 2.71. The second kappa shape index (κ2) is 8.38. The Labute approximate surface area is 121 Å². The normalized spacial score (nSPS) is 12.6. The molecular formula is C16H24N2O2. The molecule has 0 fully saturated rings. The maximum Gasteiger partial charge on any atom is 0.246 e. The quantitative estimate of drug-likeness (QED) is 0.615. The average Bonchev–Trinajstić information content (AvgIpc) is 2.46. The van der Waals surface area contributed by atoms with Gasteiger partial charge in [0.1, 0.15) is 0 Å². The Kier molecular flexibility index (Phi) is 6.81. The first kappa shape index (κ1) is 16.2. The number of carbonyl (C=O) groups is 1. The van der Waals surface area contributed by atoms with Crippen molar-refractivity contribution >= 4 is 17.7 Å². The molecule has 0 radical (unpaired) electrons. The van der Waals surface area contributed by atoms with Crippen molar-refractivity contribution in [2.45, 2.75) is 26.3 Å². The van der Waals surface area contributed by atoms with E-state index < -0.39 is 0 Å². The molecule has 0 aliphatic heterocycles. The zero-order chi connectivity index (χ0) is 15.0. The van der Waals surface area contributed by atoms with E-state index in [2.05, 4.69) is 6.92 Å². The smallest absolute Gasteiger partial charge is 0.246 e. The predicted octanol–water partition coefficient (Wildman–Crippen LogP) is 2.56. The number of nitrogens with zero attached hydrogens (tertiary/aromatic N) is 1. The Bertz CT molecular complexity index is 440. The Morgan fingerprint density at radius 2 is 2.05 bits per heavy atom. The molecule has 4 heteroatoms. The second-order valence-electron chi connectivity index (χ2n) is 4.78. The molecule has 0 spiro atoms. The number of carbonyl (C=O) groups excluding carboxylic acids is 1. The molecule has 0 aliphatic carbocycles. The molecular weight excluding hydrogens is 252 g/mol. The molecule has 1 aromatic rings. The fourth-order valence-corrected chi connectivity index (χ4v) is 1.83. The van der Waals surface area contributed by atoms with Gasteiger partial charge in [-0.3, -0.25) is 4.79 Å². The molecule has 0 heterocycles. The molecule has 1 rings (SSSR count). The molecule has 1 unspecified atom stereocenters. The summed E-state index contributed by atoms with van der Waals surface area (Å²) >= 11 is 0. The highest BCUT2D eigenvalue weighted by atomic mass is 16.5. The average molecular weight is 276 g/mol. The molecule has 1 aromatic carbocycles. The van der Waals surface area contributed by atoms with Gasteiger partial charge in [0, 0.05) is 31.5 Å². The van der Waals surface area contributed by atoms with Crippen molar-refractivity contribution < 1.29 is 9.53 Å². The van der Waals surface area contributed by atoms with Crippen LogP contribution >= 0.6 is 0 Å². The van der Waals surface area contributed by atoms with Crippen LogP contribution in [0.15, 0.2) is 30.3 Å². The third-order valence-corrected chi connectivity index (χ3v) is 3.30. The van der Waals surface area contributed by atoms with Crippen LogP contribution in [0.1, 0.15) is 25.8 Å². The van der Waals surface area contributed by atoms with Crippen molar-refractivity contribution in [2.24, 2.45) is 0 Å². The van der Waals surface area contributed by atoms with Crippen LogP contribution in [0, 0.1) is 0 Å². The van der Waals surface area contributed by atoms with Gasteiger partial charge in [-0.25, -0.2) is 0 Å². The van der Waals surface area contributed by atoms with Gasteiger partial charge in [-0.05, 0) is 37.1 Å². The van der Waals surface area contributed by atoms with E-state index >= 15 is 0 Å². The molecule has 4 nitrogen and oxygen atoms in total. The Hall–Kier alpha value is -1.81. The lowest BCUT2D eigenvalue weighted by atomic mass is 10.1. The van der Waals surface area contributed by atoms with E-state index in [1.54, 1.807) is 13.2 Å². The van der Waals surface area contributed by atoms with Crippen LogP contribution in [0.5, 0.6) is 0 Å². The van der Waals surface area contributed by atoms with Gasteiger partial charge in [-0.1, -0.05) is 19.1 Å². The van der Waals surface area contributed by atoms with Crippen molar-refractivity contribution in [3.05, 3.63) is 35.9 Å². The van der Waals surface area contributed by atoms with E-state index in [-0.39, 0.29) is 11.9 Å². The largest absolute Gasteiger partial charge is 0.399 e. The fourth-order valence-electron chi connectivity index (χ4n) is 1.83. The van der Waals surface area contributed by atoms with Crippen molar-refractivity contribution in [2.75, 3.05) is 26.0 Å². The standard InChI is InChI=1S/C16H24N2O2/c1-4-13(2)18(11-12-20-3)16(19)10-7-14-5-8-15(17)9-6-14/h5-10,13H,4,11-12,17H2,1-3H3/b10-7+. The number of benzene rings is 1. The highest BCUT2D eigenvalue weighted by Gasteiger charge is 2.15. The van der Waals surface area contributed by atoms with Crippen LogP contribution in [0.2, 0.25) is 0 Å². The highest BCUT2D eigenvalue weighted by Crippen LogP contribution is 2.09.